The zero-order valence-corrected chi connectivity index (χ0v) is 7.62. The third-order valence-corrected chi connectivity index (χ3v) is 2.97. The molecule has 0 fully saturated rings. The van der Waals surface area contributed by atoms with Gasteiger partial charge < -0.3 is 5.11 Å². The van der Waals surface area contributed by atoms with Gasteiger partial charge in [0, 0.05) is 0 Å². The third-order valence-electron chi connectivity index (χ3n) is 1.21. The standard InChI is InChI=1S/C7H7IO2/c1-5-2-3-8-4-6(5)7(9)10/h2-4H,1H3,(H,9,10). The molecular weight excluding hydrogens is 243 g/mol. The summed E-state index contributed by atoms with van der Waals surface area (Å²) in [5, 5.41) is 8.60. The van der Waals surface area contributed by atoms with Gasteiger partial charge in [0.25, 0.3) is 0 Å². The molecule has 1 heterocycles. The van der Waals surface area contributed by atoms with Crippen molar-refractivity contribution in [2.24, 2.45) is 0 Å². The van der Waals surface area contributed by atoms with Crippen LogP contribution in [0, 0.1) is 0 Å². The van der Waals surface area contributed by atoms with E-state index >= 15 is 0 Å². The average Bonchev–Trinajstić information content (AvgIpc) is 1.88. The van der Waals surface area contributed by atoms with Crippen LogP contribution in [-0.2, 0) is 4.79 Å². The van der Waals surface area contributed by atoms with Crippen molar-refractivity contribution in [3.8, 4) is 0 Å². The van der Waals surface area contributed by atoms with Gasteiger partial charge in [-0.25, -0.2) is 4.79 Å². The molecule has 0 aromatic heterocycles. The molecule has 0 unspecified atom stereocenters. The highest BCUT2D eigenvalue weighted by molar-refractivity contribution is 14.2. The molecule has 10 heavy (non-hydrogen) atoms. The molecule has 2 nitrogen and oxygen atoms in total. The first-order chi connectivity index (χ1) is 4.72. The van der Waals surface area contributed by atoms with E-state index in [1.807, 2.05) is 17.0 Å². The minimum atomic E-state index is -0.804. The van der Waals surface area contributed by atoms with E-state index in [0.717, 1.165) is 5.57 Å². The number of hydrogen-bond acceptors (Lipinski definition) is 1. The maximum Gasteiger partial charge on any atom is 0.336 e. The molecule has 0 aromatic rings. The Morgan fingerprint density at radius 3 is 2.80 bits per heavy atom. The van der Waals surface area contributed by atoms with Gasteiger partial charge >= 0.3 is 5.97 Å². The zero-order valence-electron chi connectivity index (χ0n) is 5.47. The Hall–Kier alpha value is -0.450. The van der Waals surface area contributed by atoms with Crippen LogP contribution >= 0.6 is 20.7 Å². The Morgan fingerprint density at radius 2 is 2.40 bits per heavy atom. The molecule has 0 aliphatic carbocycles. The summed E-state index contributed by atoms with van der Waals surface area (Å²) >= 11 is -0.130. The van der Waals surface area contributed by atoms with E-state index in [4.69, 9.17) is 5.11 Å². The Bertz CT molecular complexity index is 248. The molecular formula is C7H7IO2. The zero-order chi connectivity index (χ0) is 7.56. The molecule has 0 spiro atoms. The fourth-order valence-electron chi connectivity index (χ4n) is 0.621. The normalized spacial score (nSPS) is 16.9. The summed E-state index contributed by atoms with van der Waals surface area (Å²) in [6, 6.07) is 0. The molecule has 0 amide bonds. The molecule has 0 atom stereocenters. The van der Waals surface area contributed by atoms with Gasteiger partial charge in [0.1, 0.15) is 0 Å². The molecule has 0 saturated carbocycles. The predicted octanol–water partition coefficient (Wildman–Crippen LogP) is 1.69. The first-order valence-corrected chi connectivity index (χ1v) is 5.27. The van der Waals surface area contributed by atoms with Crippen LogP contribution in [0.25, 0.3) is 0 Å². The van der Waals surface area contributed by atoms with Crippen LogP contribution in [0.15, 0.2) is 21.3 Å². The number of carbonyl (C=O) groups is 1. The summed E-state index contributed by atoms with van der Waals surface area (Å²) in [5.41, 5.74) is 1.34. The Morgan fingerprint density at radius 1 is 1.70 bits per heavy atom. The van der Waals surface area contributed by atoms with Gasteiger partial charge in [-0.3, -0.25) is 0 Å². The van der Waals surface area contributed by atoms with E-state index in [9.17, 15) is 4.79 Å². The smallest absolute Gasteiger partial charge is 0.336 e. The lowest BCUT2D eigenvalue weighted by Crippen LogP contribution is -2.03. The summed E-state index contributed by atoms with van der Waals surface area (Å²) in [5.74, 6) is -0.804. The fraction of sp³-hybridized carbons (Fsp3) is 0.143. The third kappa shape index (κ3) is 1.53. The van der Waals surface area contributed by atoms with Crippen LogP contribution in [-0.4, -0.2) is 15.1 Å². The summed E-state index contributed by atoms with van der Waals surface area (Å²) in [4.78, 5) is 10.5. The van der Waals surface area contributed by atoms with Crippen LogP contribution in [0.2, 0.25) is 0 Å². The molecule has 54 valence electrons. The highest BCUT2D eigenvalue weighted by Crippen LogP contribution is 2.15. The SMILES string of the molecule is CC1=C(C(=O)O)C=IC=C1. The van der Waals surface area contributed by atoms with Crippen molar-refractivity contribution in [3.05, 3.63) is 21.3 Å². The van der Waals surface area contributed by atoms with E-state index < -0.39 is 5.97 Å². The Kier molecular flexibility index (Phi) is 2.37. The molecule has 1 rings (SSSR count). The first-order valence-electron chi connectivity index (χ1n) is 2.77. The van der Waals surface area contributed by atoms with E-state index in [-0.39, 0.29) is 20.7 Å². The van der Waals surface area contributed by atoms with Crippen LogP contribution in [0.5, 0.6) is 0 Å². The van der Waals surface area contributed by atoms with Crippen molar-refractivity contribution in [3.63, 3.8) is 0 Å². The maximum absolute atomic E-state index is 10.5. The lowest BCUT2D eigenvalue weighted by molar-refractivity contribution is -0.132. The molecule has 0 aromatic carbocycles. The lowest BCUT2D eigenvalue weighted by Gasteiger charge is -2.00. The molecule has 1 aliphatic rings. The first kappa shape index (κ1) is 7.65. The Balaban J connectivity index is 3.04. The molecule has 1 aliphatic heterocycles. The Labute approximate surface area is 69.0 Å². The maximum atomic E-state index is 10.5. The van der Waals surface area contributed by atoms with Gasteiger partial charge in [-0.1, -0.05) is 26.8 Å². The summed E-state index contributed by atoms with van der Waals surface area (Å²) in [7, 11) is 0. The summed E-state index contributed by atoms with van der Waals surface area (Å²) in [6.07, 6.45) is 1.89. The number of halogens is 1. The van der Waals surface area contributed by atoms with Crippen molar-refractivity contribution in [1.29, 1.82) is 0 Å². The minimum absolute atomic E-state index is 0.130. The van der Waals surface area contributed by atoms with Gasteiger partial charge in [0.15, 0.2) is 0 Å². The van der Waals surface area contributed by atoms with Gasteiger partial charge in [0.2, 0.25) is 0 Å². The van der Waals surface area contributed by atoms with Gasteiger partial charge in [-0.2, -0.15) is 0 Å². The average molecular weight is 250 g/mol. The number of rotatable bonds is 1. The van der Waals surface area contributed by atoms with E-state index in [1.54, 1.807) is 0 Å². The number of allylic oxidation sites excluding steroid dienone is 2. The monoisotopic (exact) mass is 250 g/mol. The number of carboxylic acids is 1. The molecule has 3 heteroatoms. The van der Waals surface area contributed by atoms with Crippen molar-refractivity contribution < 1.29 is 9.90 Å². The lowest BCUT2D eigenvalue weighted by atomic mass is 10.1. The molecule has 1 N–H and O–H groups in total. The highest BCUT2D eigenvalue weighted by Gasteiger charge is 2.07. The van der Waals surface area contributed by atoms with Crippen molar-refractivity contribution in [2.45, 2.75) is 6.92 Å². The summed E-state index contributed by atoms with van der Waals surface area (Å²) in [6.45, 7) is 1.82. The van der Waals surface area contributed by atoms with E-state index in [1.165, 1.54) is 0 Å². The summed E-state index contributed by atoms with van der Waals surface area (Å²) < 4.78 is 3.89. The molecule has 0 saturated heterocycles. The second kappa shape index (κ2) is 3.09. The number of hydrogen-bond donors (Lipinski definition) is 1. The van der Waals surface area contributed by atoms with Crippen molar-refractivity contribution in [2.75, 3.05) is 0 Å². The van der Waals surface area contributed by atoms with Gasteiger partial charge in [0.05, 0.1) is 5.57 Å². The largest absolute Gasteiger partial charge is 0.478 e. The second-order valence-electron chi connectivity index (χ2n) is 1.93. The van der Waals surface area contributed by atoms with Crippen LogP contribution < -0.4 is 0 Å². The van der Waals surface area contributed by atoms with E-state index in [0.29, 0.717) is 5.57 Å². The second-order valence-corrected chi connectivity index (χ2v) is 3.99. The molecule has 0 bridgehead atoms. The van der Waals surface area contributed by atoms with E-state index in [2.05, 4.69) is 4.08 Å². The highest BCUT2D eigenvalue weighted by atomic mass is 127. The van der Waals surface area contributed by atoms with Crippen LogP contribution in [0.3, 0.4) is 0 Å². The predicted molar refractivity (Wildman–Crippen MR) is 49.6 cm³/mol. The fourth-order valence-corrected chi connectivity index (χ4v) is 2.69. The number of aliphatic carboxylic acids is 1. The molecule has 0 radical (unpaired) electrons. The van der Waals surface area contributed by atoms with Crippen LogP contribution in [0.1, 0.15) is 6.92 Å². The van der Waals surface area contributed by atoms with Crippen LogP contribution in [0.4, 0.5) is 0 Å². The van der Waals surface area contributed by atoms with Gasteiger partial charge in [-0.15, -0.1) is 0 Å². The quantitative estimate of drug-likeness (QED) is 0.719. The topological polar surface area (TPSA) is 37.3 Å². The number of carboxylic acid groups (broad SMARTS) is 1. The van der Waals surface area contributed by atoms with Crippen molar-refractivity contribution in [1.82, 2.24) is 0 Å². The van der Waals surface area contributed by atoms with Gasteiger partial charge in [-0.05, 0) is 20.6 Å². The minimum Gasteiger partial charge on any atom is -0.478 e. The van der Waals surface area contributed by atoms with Crippen molar-refractivity contribution >= 4 is 30.7 Å².